The number of nitrogens with zero attached hydrogens (tertiary/aromatic N) is 1. The number of benzene rings is 1. The molecule has 1 aliphatic heterocycles. The number of imide groups is 1. The van der Waals surface area contributed by atoms with Crippen LogP contribution in [0.25, 0.3) is 0 Å². The highest BCUT2D eigenvalue weighted by atomic mass is 16.2. The number of carbonyl (C=O) groups excluding carboxylic acids is 4. The minimum Gasteiger partial charge on any atom is -0.347 e. The fourth-order valence-electron chi connectivity index (χ4n) is 3.43. The molecule has 1 aromatic rings. The first-order valence-corrected chi connectivity index (χ1v) is 10.2. The standard InChI is InChI=1S/C21H31N5O4/c1-6-21(15-11-9-8-10-12-15)18(29)26(19(30)23-21)24-17(28)14-25(7-2)13-16(27)22-20(3,4)5/h8-12H,6-7,13-14H2,1-5H3,(H,22,27)(H,23,30)(H,24,28)/p+1/t21-/m0/s1. The molecule has 0 spiro atoms. The van der Waals surface area contributed by atoms with Gasteiger partial charge in [0, 0.05) is 5.54 Å². The summed E-state index contributed by atoms with van der Waals surface area (Å²) in [7, 11) is 0. The van der Waals surface area contributed by atoms with Crippen LogP contribution in [0.2, 0.25) is 0 Å². The lowest BCUT2D eigenvalue weighted by Gasteiger charge is -2.26. The Morgan fingerprint density at radius 1 is 1.07 bits per heavy atom. The predicted molar refractivity (Wildman–Crippen MR) is 111 cm³/mol. The molecule has 2 rings (SSSR count). The zero-order chi connectivity index (χ0) is 22.5. The summed E-state index contributed by atoms with van der Waals surface area (Å²) in [4.78, 5) is 50.9. The molecule has 1 unspecified atom stereocenters. The molecule has 9 nitrogen and oxygen atoms in total. The zero-order valence-corrected chi connectivity index (χ0v) is 18.3. The van der Waals surface area contributed by atoms with Crippen molar-refractivity contribution in [3.8, 4) is 0 Å². The van der Waals surface area contributed by atoms with E-state index in [0.29, 0.717) is 23.4 Å². The molecule has 0 aliphatic carbocycles. The third-order valence-corrected chi connectivity index (χ3v) is 4.96. The number of quaternary nitrogens is 1. The molecule has 9 heteroatoms. The van der Waals surface area contributed by atoms with Gasteiger partial charge in [-0.1, -0.05) is 37.3 Å². The Morgan fingerprint density at radius 3 is 2.20 bits per heavy atom. The lowest BCUT2D eigenvalue weighted by molar-refractivity contribution is -0.882. The van der Waals surface area contributed by atoms with Gasteiger partial charge in [-0.25, -0.2) is 4.79 Å². The molecule has 0 radical (unpaired) electrons. The molecule has 4 N–H and O–H groups in total. The van der Waals surface area contributed by atoms with Gasteiger partial charge in [0.25, 0.3) is 17.7 Å². The Morgan fingerprint density at radius 2 is 1.67 bits per heavy atom. The van der Waals surface area contributed by atoms with Gasteiger partial charge in [0.1, 0.15) is 5.54 Å². The van der Waals surface area contributed by atoms with E-state index in [-0.39, 0.29) is 24.5 Å². The Kier molecular flexibility index (Phi) is 7.20. The van der Waals surface area contributed by atoms with Crippen molar-refractivity contribution in [3.63, 3.8) is 0 Å². The van der Waals surface area contributed by atoms with Crippen LogP contribution in [0, 0.1) is 0 Å². The molecule has 1 fully saturated rings. The summed E-state index contributed by atoms with van der Waals surface area (Å²) >= 11 is 0. The van der Waals surface area contributed by atoms with E-state index in [9.17, 15) is 19.2 Å². The number of rotatable bonds is 8. The van der Waals surface area contributed by atoms with Crippen molar-refractivity contribution in [1.82, 2.24) is 21.1 Å². The maximum Gasteiger partial charge on any atom is 0.344 e. The van der Waals surface area contributed by atoms with Gasteiger partial charge in [0.05, 0.1) is 6.54 Å². The van der Waals surface area contributed by atoms with E-state index < -0.39 is 23.4 Å². The second-order valence-corrected chi connectivity index (χ2v) is 8.49. The second-order valence-electron chi connectivity index (χ2n) is 8.49. The smallest absolute Gasteiger partial charge is 0.344 e. The average molecular weight is 419 g/mol. The number of hydrogen-bond acceptors (Lipinski definition) is 4. The summed E-state index contributed by atoms with van der Waals surface area (Å²) in [6.45, 7) is 9.91. The molecule has 0 saturated carbocycles. The van der Waals surface area contributed by atoms with Crippen LogP contribution in [0.5, 0.6) is 0 Å². The van der Waals surface area contributed by atoms with E-state index >= 15 is 0 Å². The van der Waals surface area contributed by atoms with Gasteiger partial charge < -0.3 is 15.5 Å². The molecule has 1 aromatic carbocycles. The number of hydrazine groups is 1. The van der Waals surface area contributed by atoms with Gasteiger partial charge in [-0.3, -0.25) is 19.8 Å². The molecule has 1 aliphatic rings. The predicted octanol–water partition coefficient (Wildman–Crippen LogP) is -0.306. The first kappa shape index (κ1) is 23.3. The lowest BCUT2D eigenvalue weighted by atomic mass is 9.87. The quantitative estimate of drug-likeness (QED) is 0.434. The van der Waals surface area contributed by atoms with Crippen molar-refractivity contribution in [3.05, 3.63) is 35.9 Å². The molecule has 2 atom stereocenters. The van der Waals surface area contributed by atoms with Crippen LogP contribution >= 0.6 is 0 Å². The number of nitrogens with one attached hydrogen (secondary N) is 4. The summed E-state index contributed by atoms with van der Waals surface area (Å²) in [5, 5.41) is 6.31. The van der Waals surface area contributed by atoms with Crippen molar-refractivity contribution in [1.29, 1.82) is 0 Å². The number of amides is 5. The van der Waals surface area contributed by atoms with Crippen LogP contribution in [-0.4, -0.2) is 53.9 Å². The number of hydrogen-bond donors (Lipinski definition) is 4. The van der Waals surface area contributed by atoms with Gasteiger partial charge in [-0.2, -0.15) is 5.01 Å². The normalized spacial score (nSPS) is 20.0. The van der Waals surface area contributed by atoms with Crippen LogP contribution in [-0.2, 0) is 19.9 Å². The summed E-state index contributed by atoms with van der Waals surface area (Å²) in [5.74, 6) is -1.21. The molecule has 1 heterocycles. The van der Waals surface area contributed by atoms with Crippen LogP contribution in [0.15, 0.2) is 30.3 Å². The lowest BCUT2D eigenvalue weighted by Crippen LogP contribution is -3.14. The zero-order valence-electron chi connectivity index (χ0n) is 18.3. The molecule has 164 valence electrons. The topological polar surface area (TPSA) is 112 Å². The first-order chi connectivity index (χ1) is 14.0. The highest BCUT2D eigenvalue weighted by Gasteiger charge is 2.52. The third kappa shape index (κ3) is 5.35. The highest BCUT2D eigenvalue weighted by Crippen LogP contribution is 2.31. The fourth-order valence-corrected chi connectivity index (χ4v) is 3.43. The van der Waals surface area contributed by atoms with Crippen molar-refractivity contribution in [2.75, 3.05) is 19.6 Å². The van der Waals surface area contributed by atoms with Gasteiger partial charge in [0.15, 0.2) is 13.1 Å². The fraction of sp³-hybridized carbons (Fsp3) is 0.524. The van der Waals surface area contributed by atoms with E-state index in [1.165, 1.54) is 0 Å². The van der Waals surface area contributed by atoms with E-state index in [0.717, 1.165) is 5.01 Å². The summed E-state index contributed by atoms with van der Waals surface area (Å²) in [6.07, 6.45) is 0.341. The van der Waals surface area contributed by atoms with Crippen LogP contribution < -0.4 is 21.0 Å². The van der Waals surface area contributed by atoms with Gasteiger partial charge in [-0.05, 0) is 39.7 Å². The maximum atomic E-state index is 13.1. The first-order valence-electron chi connectivity index (χ1n) is 10.2. The Bertz CT molecular complexity index is 805. The molecule has 1 saturated heterocycles. The van der Waals surface area contributed by atoms with E-state index in [4.69, 9.17) is 0 Å². The number of urea groups is 1. The van der Waals surface area contributed by atoms with Crippen molar-refractivity contribution < 1.29 is 24.1 Å². The molecule has 0 bridgehead atoms. The second kappa shape index (κ2) is 9.25. The van der Waals surface area contributed by atoms with Crippen molar-refractivity contribution >= 4 is 23.8 Å². The summed E-state index contributed by atoms with van der Waals surface area (Å²) in [6, 6.07) is 8.26. The Hall–Kier alpha value is -2.94. The molecule has 30 heavy (non-hydrogen) atoms. The van der Waals surface area contributed by atoms with E-state index in [2.05, 4.69) is 16.1 Å². The molecular formula is C21H32N5O4+. The monoisotopic (exact) mass is 418 g/mol. The van der Waals surface area contributed by atoms with E-state index in [1.807, 2.05) is 33.8 Å². The minimum atomic E-state index is -1.21. The van der Waals surface area contributed by atoms with Gasteiger partial charge >= 0.3 is 6.03 Å². The SMILES string of the molecule is CC[NH+](CC(=O)NN1C(=O)N[C@@](CC)(c2ccccc2)C1=O)CC(=O)NC(C)(C)C. The van der Waals surface area contributed by atoms with Gasteiger partial charge in [-0.15, -0.1) is 0 Å². The molecule has 5 amide bonds. The van der Waals surface area contributed by atoms with Gasteiger partial charge in [0.2, 0.25) is 0 Å². The Balaban J connectivity index is 2.05. The summed E-state index contributed by atoms with van der Waals surface area (Å²) < 4.78 is 0. The van der Waals surface area contributed by atoms with Crippen LogP contribution in [0.3, 0.4) is 0 Å². The third-order valence-electron chi connectivity index (χ3n) is 4.96. The van der Waals surface area contributed by atoms with E-state index in [1.54, 1.807) is 31.2 Å². The molecule has 0 aromatic heterocycles. The number of likely N-dealkylation sites (N-methyl/N-ethyl adjacent to an activating group) is 1. The highest BCUT2D eigenvalue weighted by molar-refractivity contribution is 6.08. The average Bonchev–Trinajstić information content (AvgIpc) is 2.91. The largest absolute Gasteiger partial charge is 0.347 e. The van der Waals surface area contributed by atoms with Crippen molar-refractivity contribution in [2.24, 2.45) is 0 Å². The van der Waals surface area contributed by atoms with Crippen molar-refractivity contribution in [2.45, 2.75) is 52.1 Å². The minimum absolute atomic E-state index is 0.0460. The maximum absolute atomic E-state index is 13.1. The number of carbonyl (C=O) groups is 4. The van der Waals surface area contributed by atoms with Crippen LogP contribution in [0.1, 0.15) is 46.6 Å². The molecular weight excluding hydrogens is 386 g/mol. The summed E-state index contributed by atoms with van der Waals surface area (Å²) in [5.41, 5.74) is 1.48. The van der Waals surface area contributed by atoms with Crippen LogP contribution in [0.4, 0.5) is 4.79 Å². The Labute approximate surface area is 177 Å².